The van der Waals surface area contributed by atoms with Crippen LogP contribution in [0.25, 0.3) is 16.0 Å². The number of hydrogen-bond donors (Lipinski definition) is 0. The van der Waals surface area contributed by atoms with Crippen LogP contribution in [0.15, 0.2) is 48.5 Å². The number of hydrogen-bond acceptors (Lipinski definition) is 1. The molecule has 0 spiro atoms. The molecule has 0 aliphatic rings. The lowest BCUT2D eigenvalue weighted by atomic mass is 10.0. The highest BCUT2D eigenvalue weighted by atomic mass is 28.3. The Balaban J connectivity index is 2.74. The van der Waals surface area contributed by atoms with Gasteiger partial charge in [0.05, 0.1) is 14.1 Å². The van der Waals surface area contributed by atoms with E-state index < -0.39 is 8.07 Å². The van der Waals surface area contributed by atoms with E-state index in [2.05, 4.69) is 62.1 Å². The lowest BCUT2D eigenvalue weighted by Crippen LogP contribution is -2.22. The fourth-order valence-electron chi connectivity index (χ4n) is 2.22. The molecule has 0 saturated heterocycles. The topological polar surface area (TPSA) is 23.8 Å². The van der Waals surface area contributed by atoms with Gasteiger partial charge in [-0.3, -0.25) is 0 Å². The van der Waals surface area contributed by atoms with Crippen molar-refractivity contribution in [2.45, 2.75) is 19.6 Å². The van der Waals surface area contributed by atoms with Gasteiger partial charge in [0, 0.05) is 6.08 Å². The van der Waals surface area contributed by atoms with Crippen LogP contribution in [0, 0.1) is 11.3 Å². The van der Waals surface area contributed by atoms with Crippen LogP contribution in [0.3, 0.4) is 0 Å². The maximum atomic E-state index is 9.03. The smallest absolute Gasteiger partial charge is 0.0911 e. The van der Waals surface area contributed by atoms with E-state index in [9.17, 15) is 0 Å². The van der Waals surface area contributed by atoms with Crippen LogP contribution in [-0.4, -0.2) is 8.07 Å². The summed E-state index contributed by atoms with van der Waals surface area (Å²) in [6.07, 6.45) is 1.73. The number of rotatable bonds is 2. The van der Waals surface area contributed by atoms with E-state index in [0.29, 0.717) is 0 Å². The first-order valence-electron chi connectivity index (χ1n) is 6.12. The van der Waals surface area contributed by atoms with E-state index in [-0.39, 0.29) is 0 Å². The van der Waals surface area contributed by atoms with E-state index in [1.54, 1.807) is 6.08 Å². The van der Waals surface area contributed by atoms with E-state index >= 15 is 0 Å². The average molecular weight is 251 g/mol. The molecule has 0 aliphatic carbocycles. The molecule has 0 aromatic heterocycles. The van der Waals surface area contributed by atoms with Gasteiger partial charge >= 0.3 is 0 Å². The van der Waals surface area contributed by atoms with E-state index in [1.807, 2.05) is 6.07 Å². The summed E-state index contributed by atoms with van der Waals surface area (Å²) in [4.78, 5) is 0. The monoisotopic (exact) mass is 251 g/mol. The second kappa shape index (κ2) is 4.79. The Morgan fingerprint density at radius 3 is 2.39 bits per heavy atom. The molecule has 0 fully saturated rings. The predicted molar refractivity (Wildman–Crippen MR) is 80.9 cm³/mol. The largest absolute Gasteiger partial charge is 0.193 e. The van der Waals surface area contributed by atoms with Crippen LogP contribution in [-0.2, 0) is 0 Å². The van der Waals surface area contributed by atoms with Crippen LogP contribution < -0.4 is 0 Å². The van der Waals surface area contributed by atoms with E-state index in [0.717, 1.165) is 0 Å². The van der Waals surface area contributed by atoms with Crippen LogP contribution in [0.5, 0.6) is 0 Å². The van der Waals surface area contributed by atoms with Crippen molar-refractivity contribution >= 4 is 24.0 Å². The van der Waals surface area contributed by atoms with Crippen molar-refractivity contribution in [3.05, 3.63) is 54.1 Å². The van der Waals surface area contributed by atoms with Crippen LogP contribution >= 0.6 is 0 Å². The molecule has 0 N–H and O–H groups in total. The quantitative estimate of drug-likeness (QED) is 0.564. The van der Waals surface area contributed by atoms with Gasteiger partial charge in [-0.1, -0.05) is 62.1 Å². The lowest BCUT2D eigenvalue weighted by molar-refractivity contribution is 1.53. The molecule has 0 heterocycles. The first-order valence-corrected chi connectivity index (χ1v) is 9.62. The maximum Gasteiger partial charge on any atom is 0.0911 e. The Labute approximate surface area is 109 Å². The zero-order chi connectivity index (χ0) is 13.2. The number of nitrogens with zero attached hydrogens (tertiary/aromatic N) is 1. The lowest BCUT2D eigenvalue weighted by Gasteiger charge is -2.21. The summed E-state index contributed by atoms with van der Waals surface area (Å²) in [5, 5.41) is 12.7. The first-order chi connectivity index (χ1) is 8.54. The molecule has 18 heavy (non-hydrogen) atoms. The van der Waals surface area contributed by atoms with Gasteiger partial charge < -0.3 is 0 Å². The van der Waals surface area contributed by atoms with Crippen molar-refractivity contribution in [2.75, 3.05) is 0 Å². The summed E-state index contributed by atoms with van der Waals surface area (Å²) >= 11 is 0. The molecule has 2 aromatic carbocycles. The molecule has 0 radical (unpaired) electrons. The highest BCUT2D eigenvalue weighted by molar-refractivity contribution is 6.94. The summed E-state index contributed by atoms with van der Waals surface area (Å²) in [7, 11) is -1.53. The normalized spacial score (nSPS) is 12.4. The van der Waals surface area contributed by atoms with Gasteiger partial charge in [0.1, 0.15) is 0 Å². The van der Waals surface area contributed by atoms with Crippen molar-refractivity contribution in [3.8, 4) is 6.07 Å². The third-order valence-electron chi connectivity index (χ3n) is 3.10. The number of allylic oxidation sites excluding steroid dienone is 1. The minimum Gasteiger partial charge on any atom is -0.193 e. The minimum atomic E-state index is -1.53. The van der Waals surface area contributed by atoms with E-state index in [4.69, 9.17) is 5.26 Å². The van der Waals surface area contributed by atoms with Crippen LogP contribution in [0.4, 0.5) is 0 Å². The second-order valence-corrected chi connectivity index (χ2v) is 10.5. The van der Waals surface area contributed by atoms with Gasteiger partial charge in [-0.05, 0) is 21.5 Å². The van der Waals surface area contributed by atoms with Gasteiger partial charge in [0.2, 0.25) is 0 Å². The molecule has 0 saturated carbocycles. The van der Waals surface area contributed by atoms with Crippen LogP contribution in [0.1, 0.15) is 5.56 Å². The van der Waals surface area contributed by atoms with Gasteiger partial charge in [-0.2, -0.15) is 5.26 Å². The van der Waals surface area contributed by atoms with Gasteiger partial charge in [-0.15, -0.1) is 0 Å². The Morgan fingerprint density at radius 2 is 1.72 bits per heavy atom. The zero-order valence-corrected chi connectivity index (χ0v) is 12.1. The molecule has 2 heteroatoms. The third-order valence-corrected chi connectivity index (χ3v) is 5.13. The standard InChI is InChI=1S/C16H17NSi/c1-18(2,3)16(11-12-17)15-10-6-8-13-7-4-5-9-14(13)15/h4-11H,1-3H3/b16-11+. The van der Waals surface area contributed by atoms with Crippen molar-refractivity contribution in [2.24, 2.45) is 0 Å². The maximum absolute atomic E-state index is 9.03. The summed E-state index contributed by atoms with van der Waals surface area (Å²) < 4.78 is 0. The minimum absolute atomic E-state index is 1.22. The Morgan fingerprint density at radius 1 is 1.06 bits per heavy atom. The highest BCUT2D eigenvalue weighted by Gasteiger charge is 2.22. The van der Waals surface area contributed by atoms with Gasteiger partial charge in [-0.25, -0.2) is 0 Å². The van der Waals surface area contributed by atoms with Crippen molar-refractivity contribution in [1.82, 2.24) is 0 Å². The molecule has 0 aliphatic heterocycles. The Hall–Kier alpha value is -1.85. The molecule has 90 valence electrons. The fourth-order valence-corrected chi connectivity index (χ4v) is 3.75. The molecule has 0 amide bonds. The molecule has 0 bridgehead atoms. The second-order valence-electron chi connectivity index (χ2n) is 5.46. The van der Waals surface area contributed by atoms with Crippen LogP contribution in [0.2, 0.25) is 19.6 Å². The molecule has 1 nitrogen and oxygen atoms in total. The van der Waals surface area contributed by atoms with Gasteiger partial charge in [0.15, 0.2) is 0 Å². The number of nitriles is 1. The zero-order valence-electron chi connectivity index (χ0n) is 11.1. The number of benzene rings is 2. The fraction of sp³-hybridized carbons (Fsp3) is 0.188. The van der Waals surface area contributed by atoms with E-state index in [1.165, 1.54) is 21.5 Å². The summed E-state index contributed by atoms with van der Waals surface area (Å²) in [6.45, 7) is 6.83. The van der Waals surface area contributed by atoms with Crippen molar-refractivity contribution < 1.29 is 0 Å². The van der Waals surface area contributed by atoms with Crippen molar-refractivity contribution in [3.63, 3.8) is 0 Å². The molecule has 0 atom stereocenters. The molecular weight excluding hydrogens is 234 g/mol. The molecular formula is C16H17NSi. The Bertz CT molecular complexity index is 637. The summed E-state index contributed by atoms with van der Waals surface area (Å²) in [5.74, 6) is 0. The summed E-state index contributed by atoms with van der Waals surface area (Å²) in [6, 6.07) is 16.9. The third kappa shape index (κ3) is 2.37. The molecule has 2 aromatic rings. The SMILES string of the molecule is C[Si](C)(C)/C(=C/C#N)c1cccc2ccccc12. The predicted octanol–water partition coefficient (Wildman–Crippen LogP) is 4.62. The summed E-state index contributed by atoms with van der Waals surface area (Å²) in [5.41, 5.74) is 1.22. The molecule has 2 rings (SSSR count). The molecule has 0 unspecified atom stereocenters. The Kier molecular flexibility index (Phi) is 3.36. The van der Waals surface area contributed by atoms with Gasteiger partial charge in [0.25, 0.3) is 0 Å². The number of fused-ring (bicyclic) bond motifs is 1. The highest BCUT2D eigenvalue weighted by Crippen LogP contribution is 2.31. The first kappa shape index (κ1) is 12.6. The van der Waals surface area contributed by atoms with Crippen molar-refractivity contribution in [1.29, 1.82) is 5.26 Å². The average Bonchev–Trinajstić information content (AvgIpc) is 2.34.